The molecule has 27 heavy (non-hydrogen) atoms. The summed E-state index contributed by atoms with van der Waals surface area (Å²) < 4.78 is 6.49. The van der Waals surface area contributed by atoms with E-state index >= 15 is 0 Å². The number of fused-ring (bicyclic) bond motifs is 1. The Morgan fingerprint density at radius 2 is 2.19 bits per heavy atom. The maximum atomic E-state index is 12.5. The number of rotatable bonds is 5. The summed E-state index contributed by atoms with van der Waals surface area (Å²) in [5.41, 5.74) is 0.630. The SMILES string of the molecule is COc1cccc(NC(=O)CSC2=CC=NC3=[N+](C)C(=O)N(C)C(=O)C23)c1. The second-order valence-corrected chi connectivity index (χ2v) is 6.99. The first-order valence-electron chi connectivity index (χ1n) is 8.15. The summed E-state index contributed by atoms with van der Waals surface area (Å²) in [4.78, 5) is 42.8. The number of imide groups is 1. The summed E-state index contributed by atoms with van der Waals surface area (Å²) >= 11 is 1.25. The number of methoxy groups -OCH3 is 1. The first-order chi connectivity index (χ1) is 12.9. The number of anilines is 1. The number of hydrogen-bond acceptors (Lipinski definition) is 6. The monoisotopic (exact) mass is 387 g/mol. The lowest BCUT2D eigenvalue weighted by Crippen LogP contribution is -2.52. The normalized spacial score (nSPS) is 19.0. The van der Waals surface area contributed by atoms with E-state index in [-0.39, 0.29) is 17.6 Å². The molecule has 0 saturated carbocycles. The van der Waals surface area contributed by atoms with Crippen LogP contribution < -0.4 is 10.1 Å². The van der Waals surface area contributed by atoms with Gasteiger partial charge in [0.25, 0.3) is 5.84 Å². The molecule has 1 unspecified atom stereocenters. The molecule has 0 radical (unpaired) electrons. The molecule has 140 valence electrons. The largest absolute Gasteiger partial charge is 0.497 e. The molecular formula is C18H19N4O4S+. The summed E-state index contributed by atoms with van der Waals surface area (Å²) in [5, 5.41) is 2.80. The third kappa shape index (κ3) is 3.77. The lowest BCUT2D eigenvalue weighted by molar-refractivity contribution is -0.407. The minimum Gasteiger partial charge on any atom is -0.497 e. The molecule has 2 aliphatic heterocycles. The van der Waals surface area contributed by atoms with Crippen molar-refractivity contribution in [3.63, 3.8) is 0 Å². The van der Waals surface area contributed by atoms with Crippen LogP contribution in [0.2, 0.25) is 0 Å². The van der Waals surface area contributed by atoms with Gasteiger partial charge in [0.15, 0.2) is 5.92 Å². The van der Waals surface area contributed by atoms with Crippen LogP contribution in [0, 0.1) is 5.92 Å². The van der Waals surface area contributed by atoms with Crippen LogP contribution in [0.4, 0.5) is 10.5 Å². The van der Waals surface area contributed by atoms with Crippen molar-refractivity contribution in [2.75, 3.05) is 32.3 Å². The average molecular weight is 387 g/mol. The highest BCUT2D eigenvalue weighted by atomic mass is 32.2. The third-order valence-electron chi connectivity index (χ3n) is 4.21. The summed E-state index contributed by atoms with van der Waals surface area (Å²) in [6, 6.07) is 6.64. The van der Waals surface area contributed by atoms with Crippen LogP contribution in [0.5, 0.6) is 5.75 Å². The summed E-state index contributed by atoms with van der Waals surface area (Å²) in [5.74, 6) is -0.0841. The van der Waals surface area contributed by atoms with Gasteiger partial charge in [-0.1, -0.05) is 6.07 Å². The van der Waals surface area contributed by atoms with Crippen molar-refractivity contribution in [3.8, 4) is 5.75 Å². The topological polar surface area (TPSA) is 91.1 Å². The van der Waals surface area contributed by atoms with Crippen LogP contribution >= 0.6 is 11.8 Å². The molecule has 1 aromatic rings. The van der Waals surface area contributed by atoms with Crippen molar-refractivity contribution >= 4 is 47.3 Å². The number of hydrogen-bond donors (Lipinski definition) is 1. The number of dihydropyridines is 1. The molecule has 1 aromatic carbocycles. The molecule has 4 amide bonds. The number of benzene rings is 1. The van der Waals surface area contributed by atoms with Crippen LogP contribution in [-0.4, -0.2) is 66.3 Å². The first kappa shape index (κ1) is 18.8. The number of nitrogens with zero attached hydrogens (tertiary/aromatic N) is 3. The zero-order valence-electron chi connectivity index (χ0n) is 15.1. The Hall–Kier alpha value is -2.94. The molecule has 9 heteroatoms. The number of urea groups is 1. The molecule has 0 fully saturated rings. The van der Waals surface area contributed by atoms with E-state index in [1.165, 1.54) is 29.6 Å². The molecule has 1 N–H and O–H groups in total. The van der Waals surface area contributed by atoms with E-state index in [1.54, 1.807) is 44.5 Å². The molecule has 1 atom stereocenters. The Morgan fingerprint density at radius 3 is 2.93 bits per heavy atom. The van der Waals surface area contributed by atoms with Crippen LogP contribution in [-0.2, 0) is 9.59 Å². The number of carbonyl (C=O) groups excluding carboxylic acids is 3. The summed E-state index contributed by atoms with van der Waals surface area (Å²) in [6.07, 6.45) is 3.24. The standard InChI is InChI=1S/C18H18N4O4S/c1-21-16-15(17(24)22(2)18(21)25)13(7-8-19-16)27-10-14(23)20-11-5-4-6-12(9-11)26-3/h4-9,15H,10H2,1-3H3/p+1. The van der Waals surface area contributed by atoms with Crippen molar-refractivity contribution in [1.29, 1.82) is 0 Å². The zero-order valence-corrected chi connectivity index (χ0v) is 15.9. The predicted octanol–water partition coefficient (Wildman–Crippen LogP) is 1.58. The number of allylic oxidation sites excluding steroid dienone is 1. The number of amidine groups is 1. The van der Waals surface area contributed by atoms with Gasteiger partial charge in [-0.3, -0.25) is 9.59 Å². The average Bonchev–Trinajstić information content (AvgIpc) is 2.68. The Morgan fingerprint density at radius 1 is 1.41 bits per heavy atom. The van der Waals surface area contributed by atoms with Crippen molar-refractivity contribution in [2.24, 2.45) is 10.9 Å². The second-order valence-electron chi connectivity index (χ2n) is 5.95. The lowest BCUT2D eigenvalue weighted by atomic mass is 10.0. The maximum absolute atomic E-state index is 12.5. The summed E-state index contributed by atoms with van der Waals surface area (Å²) in [7, 11) is 4.57. The van der Waals surface area contributed by atoms with E-state index < -0.39 is 11.9 Å². The smallest absolute Gasteiger partial charge is 0.445 e. The van der Waals surface area contributed by atoms with E-state index in [0.717, 1.165) is 4.90 Å². The molecule has 0 saturated heterocycles. The van der Waals surface area contributed by atoms with Gasteiger partial charge in [-0.25, -0.2) is 4.79 Å². The van der Waals surface area contributed by atoms with Gasteiger partial charge in [-0.15, -0.1) is 16.8 Å². The first-order valence-corrected chi connectivity index (χ1v) is 9.14. The van der Waals surface area contributed by atoms with E-state index in [0.29, 0.717) is 22.2 Å². The Labute approximate surface area is 160 Å². The van der Waals surface area contributed by atoms with E-state index in [1.807, 2.05) is 0 Å². The molecule has 0 bridgehead atoms. The van der Waals surface area contributed by atoms with E-state index in [9.17, 15) is 14.4 Å². The van der Waals surface area contributed by atoms with E-state index in [4.69, 9.17) is 4.74 Å². The van der Waals surface area contributed by atoms with Gasteiger partial charge in [0.1, 0.15) is 12.0 Å². The van der Waals surface area contributed by atoms with Gasteiger partial charge in [0.05, 0.1) is 27.0 Å². The molecule has 8 nitrogen and oxygen atoms in total. The molecule has 0 spiro atoms. The maximum Gasteiger partial charge on any atom is 0.445 e. The zero-order chi connectivity index (χ0) is 19.6. The van der Waals surface area contributed by atoms with Crippen molar-refractivity contribution in [2.45, 2.75) is 0 Å². The lowest BCUT2D eigenvalue weighted by Gasteiger charge is -2.26. The van der Waals surface area contributed by atoms with Gasteiger partial charge in [0.2, 0.25) is 5.91 Å². The van der Waals surface area contributed by atoms with E-state index in [2.05, 4.69) is 10.3 Å². The fourth-order valence-electron chi connectivity index (χ4n) is 2.79. The second kappa shape index (κ2) is 7.75. The number of thioether (sulfide) groups is 1. The highest BCUT2D eigenvalue weighted by molar-refractivity contribution is 8.03. The van der Waals surface area contributed by atoms with Crippen molar-refractivity contribution in [3.05, 3.63) is 35.2 Å². The Kier molecular flexibility index (Phi) is 5.41. The number of nitrogens with one attached hydrogen (secondary N) is 1. The Balaban J connectivity index is 1.69. The summed E-state index contributed by atoms with van der Waals surface area (Å²) in [6.45, 7) is 0. The highest BCUT2D eigenvalue weighted by Crippen LogP contribution is 2.31. The van der Waals surface area contributed by atoms with Crippen LogP contribution in [0.3, 0.4) is 0 Å². The van der Waals surface area contributed by atoms with Crippen molar-refractivity contribution < 1.29 is 23.7 Å². The van der Waals surface area contributed by atoms with Crippen molar-refractivity contribution in [1.82, 2.24) is 4.90 Å². The molecule has 3 rings (SSSR count). The Bertz CT molecular complexity index is 906. The van der Waals surface area contributed by atoms with Gasteiger partial charge >= 0.3 is 11.9 Å². The van der Waals surface area contributed by atoms with Gasteiger partial charge in [-0.05, 0) is 18.2 Å². The van der Waals surface area contributed by atoms with Crippen LogP contribution in [0.15, 0.2) is 40.2 Å². The van der Waals surface area contributed by atoms with Crippen LogP contribution in [0.1, 0.15) is 0 Å². The highest BCUT2D eigenvalue weighted by Gasteiger charge is 2.47. The molecule has 2 heterocycles. The minimum atomic E-state index is -0.669. The fraction of sp³-hybridized carbons (Fsp3) is 0.278. The molecule has 2 aliphatic rings. The predicted molar refractivity (Wildman–Crippen MR) is 104 cm³/mol. The molecule has 0 aromatic heterocycles. The minimum absolute atomic E-state index is 0.120. The molecular weight excluding hydrogens is 368 g/mol. The quantitative estimate of drug-likeness (QED) is 0.775. The van der Waals surface area contributed by atoms with Crippen LogP contribution in [0.25, 0.3) is 0 Å². The number of ether oxygens (including phenoxy) is 1. The number of aliphatic imine (C=N–C) groups is 1. The molecule has 0 aliphatic carbocycles. The third-order valence-corrected chi connectivity index (χ3v) is 5.32. The number of amides is 4. The van der Waals surface area contributed by atoms with Gasteiger partial charge in [0, 0.05) is 16.7 Å². The number of carbonyl (C=O) groups is 3. The van der Waals surface area contributed by atoms with Gasteiger partial charge < -0.3 is 10.1 Å². The fourth-order valence-corrected chi connectivity index (χ4v) is 3.69. The van der Waals surface area contributed by atoms with Gasteiger partial charge in [-0.2, -0.15) is 9.48 Å².